The molecule has 0 radical (unpaired) electrons. The van der Waals surface area contributed by atoms with Gasteiger partial charge >= 0.3 is 5.76 Å². The number of nitrogens with zero attached hydrogens (tertiary/aromatic N) is 3. The van der Waals surface area contributed by atoms with Gasteiger partial charge in [-0.1, -0.05) is 12.1 Å². The lowest BCUT2D eigenvalue weighted by molar-refractivity contribution is -0.121. The predicted octanol–water partition coefficient (Wildman–Crippen LogP) is 2.60. The zero-order chi connectivity index (χ0) is 18.8. The van der Waals surface area contributed by atoms with Crippen LogP contribution < -0.4 is 11.1 Å². The molecule has 2 heterocycles. The summed E-state index contributed by atoms with van der Waals surface area (Å²) in [6.45, 7) is 6.35. The van der Waals surface area contributed by atoms with Gasteiger partial charge in [-0.3, -0.25) is 14.0 Å². The lowest BCUT2D eigenvalue weighted by atomic mass is 10.1. The van der Waals surface area contributed by atoms with Crippen LogP contribution in [0.1, 0.15) is 42.8 Å². The number of rotatable bonds is 6. The summed E-state index contributed by atoms with van der Waals surface area (Å²) in [7, 11) is 1.90. The van der Waals surface area contributed by atoms with E-state index >= 15 is 0 Å². The molecule has 2 aromatic heterocycles. The molecule has 0 saturated carbocycles. The quantitative estimate of drug-likeness (QED) is 0.736. The van der Waals surface area contributed by atoms with Crippen molar-refractivity contribution in [2.24, 2.45) is 7.05 Å². The van der Waals surface area contributed by atoms with Crippen molar-refractivity contribution in [3.63, 3.8) is 0 Å². The number of fused-ring (bicyclic) bond motifs is 1. The highest BCUT2D eigenvalue weighted by molar-refractivity contribution is 5.76. The van der Waals surface area contributed by atoms with Crippen molar-refractivity contribution < 1.29 is 9.21 Å². The van der Waals surface area contributed by atoms with Crippen LogP contribution in [0.4, 0.5) is 0 Å². The van der Waals surface area contributed by atoms with E-state index < -0.39 is 0 Å². The molecule has 3 rings (SSSR count). The first-order chi connectivity index (χ1) is 12.4. The summed E-state index contributed by atoms with van der Waals surface area (Å²) in [4.78, 5) is 24.2. The molecule has 1 unspecified atom stereocenters. The number of hydrogen-bond acceptors (Lipinski definition) is 4. The van der Waals surface area contributed by atoms with E-state index in [9.17, 15) is 9.59 Å². The Balaban J connectivity index is 1.59. The summed E-state index contributed by atoms with van der Waals surface area (Å²) in [6, 6.07) is 7.19. The SMILES string of the molecule is Cc1nn(C)c(C)c1C(C)NC(=O)CCCn1c(=O)oc2ccccc21. The smallest absolute Gasteiger partial charge is 0.408 e. The normalized spacial score (nSPS) is 12.5. The Bertz CT molecular complexity index is 996. The summed E-state index contributed by atoms with van der Waals surface area (Å²) in [5.41, 5.74) is 4.35. The molecule has 1 amide bonds. The zero-order valence-electron chi connectivity index (χ0n) is 15.6. The van der Waals surface area contributed by atoms with E-state index in [1.165, 1.54) is 0 Å². The molecule has 1 N–H and O–H groups in total. The molecule has 1 atom stereocenters. The molecule has 3 aromatic rings. The topological polar surface area (TPSA) is 82.1 Å². The molecular formula is C19H24N4O3. The monoisotopic (exact) mass is 356 g/mol. The van der Waals surface area contributed by atoms with Crippen LogP contribution in [-0.2, 0) is 18.4 Å². The van der Waals surface area contributed by atoms with E-state index in [0.29, 0.717) is 25.0 Å². The zero-order valence-corrected chi connectivity index (χ0v) is 15.6. The molecule has 0 bridgehead atoms. The maximum absolute atomic E-state index is 12.3. The van der Waals surface area contributed by atoms with Crippen LogP contribution in [0.5, 0.6) is 0 Å². The highest BCUT2D eigenvalue weighted by Gasteiger charge is 2.18. The summed E-state index contributed by atoms with van der Waals surface area (Å²) < 4.78 is 8.60. The fourth-order valence-corrected chi connectivity index (χ4v) is 3.43. The van der Waals surface area contributed by atoms with Gasteiger partial charge in [-0.2, -0.15) is 5.10 Å². The number of amides is 1. The molecular weight excluding hydrogens is 332 g/mol. The van der Waals surface area contributed by atoms with Gasteiger partial charge in [0.05, 0.1) is 17.3 Å². The van der Waals surface area contributed by atoms with E-state index in [1.807, 2.05) is 50.7 Å². The first-order valence-electron chi connectivity index (χ1n) is 8.76. The Morgan fingerprint density at radius 1 is 1.31 bits per heavy atom. The lowest BCUT2D eigenvalue weighted by Gasteiger charge is -2.15. The number of carbonyl (C=O) groups excluding carboxylic acids is 1. The molecule has 0 aliphatic heterocycles. The van der Waals surface area contributed by atoms with Gasteiger partial charge in [0.25, 0.3) is 0 Å². The maximum Gasteiger partial charge on any atom is 0.419 e. The Kier molecular flexibility index (Phi) is 4.97. The summed E-state index contributed by atoms with van der Waals surface area (Å²) >= 11 is 0. The Labute approximate surface area is 151 Å². The van der Waals surface area contributed by atoms with E-state index in [4.69, 9.17) is 4.42 Å². The van der Waals surface area contributed by atoms with Crippen LogP contribution in [0.25, 0.3) is 11.1 Å². The number of aryl methyl sites for hydroxylation is 3. The molecule has 7 nitrogen and oxygen atoms in total. The Morgan fingerprint density at radius 3 is 2.73 bits per heavy atom. The Hall–Kier alpha value is -2.83. The third kappa shape index (κ3) is 3.42. The molecule has 1 aromatic carbocycles. The molecule has 0 spiro atoms. The first kappa shape index (κ1) is 18.0. The van der Waals surface area contributed by atoms with E-state index in [-0.39, 0.29) is 17.7 Å². The van der Waals surface area contributed by atoms with Gasteiger partial charge in [0.15, 0.2) is 5.58 Å². The average molecular weight is 356 g/mol. The second-order valence-corrected chi connectivity index (χ2v) is 6.59. The number of hydrogen-bond donors (Lipinski definition) is 1. The number of nitrogens with one attached hydrogen (secondary N) is 1. The molecule has 0 saturated heterocycles. The second-order valence-electron chi connectivity index (χ2n) is 6.59. The van der Waals surface area contributed by atoms with Crippen molar-refractivity contribution in [2.75, 3.05) is 0 Å². The maximum atomic E-state index is 12.3. The van der Waals surface area contributed by atoms with Gasteiger partial charge in [0, 0.05) is 31.3 Å². The molecule has 0 aliphatic carbocycles. The van der Waals surface area contributed by atoms with Gasteiger partial charge in [-0.15, -0.1) is 0 Å². The number of para-hydroxylation sites is 2. The van der Waals surface area contributed by atoms with Crippen LogP contribution in [-0.4, -0.2) is 20.3 Å². The van der Waals surface area contributed by atoms with Crippen molar-refractivity contribution >= 4 is 17.0 Å². The highest BCUT2D eigenvalue weighted by Crippen LogP contribution is 2.20. The van der Waals surface area contributed by atoms with E-state index in [2.05, 4.69) is 10.4 Å². The first-order valence-corrected chi connectivity index (χ1v) is 8.76. The van der Waals surface area contributed by atoms with Crippen LogP contribution in [0.3, 0.4) is 0 Å². The summed E-state index contributed by atoms with van der Waals surface area (Å²) in [5, 5.41) is 7.41. The fourth-order valence-electron chi connectivity index (χ4n) is 3.43. The molecule has 0 fully saturated rings. The van der Waals surface area contributed by atoms with Gasteiger partial charge in [-0.25, -0.2) is 4.79 Å². The van der Waals surface area contributed by atoms with Crippen LogP contribution in [0, 0.1) is 13.8 Å². The van der Waals surface area contributed by atoms with Gasteiger partial charge < -0.3 is 9.73 Å². The van der Waals surface area contributed by atoms with Crippen molar-refractivity contribution in [2.45, 2.75) is 46.2 Å². The summed E-state index contributed by atoms with van der Waals surface area (Å²) in [5.74, 6) is -0.428. The second kappa shape index (κ2) is 7.19. The lowest BCUT2D eigenvalue weighted by Crippen LogP contribution is -2.27. The number of aromatic nitrogens is 3. The van der Waals surface area contributed by atoms with Crippen LogP contribution in [0.2, 0.25) is 0 Å². The highest BCUT2D eigenvalue weighted by atomic mass is 16.4. The third-order valence-corrected chi connectivity index (χ3v) is 4.73. The van der Waals surface area contributed by atoms with Crippen molar-refractivity contribution in [1.29, 1.82) is 0 Å². The predicted molar refractivity (Wildman–Crippen MR) is 98.9 cm³/mol. The number of benzene rings is 1. The minimum Gasteiger partial charge on any atom is -0.408 e. The summed E-state index contributed by atoms with van der Waals surface area (Å²) in [6.07, 6.45) is 0.904. The van der Waals surface area contributed by atoms with Crippen molar-refractivity contribution in [3.8, 4) is 0 Å². The Morgan fingerprint density at radius 2 is 2.04 bits per heavy atom. The van der Waals surface area contributed by atoms with Crippen molar-refractivity contribution in [3.05, 3.63) is 51.8 Å². The van der Waals surface area contributed by atoms with Gasteiger partial charge in [0.2, 0.25) is 5.91 Å². The molecule has 138 valence electrons. The van der Waals surface area contributed by atoms with Gasteiger partial charge in [-0.05, 0) is 39.3 Å². The number of oxazole rings is 1. The minimum absolute atomic E-state index is 0.0407. The van der Waals surface area contributed by atoms with Crippen molar-refractivity contribution in [1.82, 2.24) is 19.7 Å². The van der Waals surface area contributed by atoms with Gasteiger partial charge in [0.1, 0.15) is 0 Å². The fraction of sp³-hybridized carbons (Fsp3) is 0.421. The minimum atomic E-state index is -0.387. The van der Waals surface area contributed by atoms with E-state index in [0.717, 1.165) is 22.5 Å². The number of carbonyl (C=O) groups is 1. The molecule has 0 aliphatic rings. The largest absolute Gasteiger partial charge is 0.419 e. The molecule has 7 heteroatoms. The standard InChI is InChI=1S/C19H24N4O3/c1-12(18-13(2)21-22(4)14(18)3)20-17(24)10-7-11-23-15-8-5-6-9-16(15)26-19(23)25/h5-6,8-9,12H,7,10-11H2,1-4H3,(H,20,24). The van der Waals surface area contributed by atoms with Crippen LogP contribution >= 0.6 is 0 Å². The molecule has 26 heavy (non-hydrogen) atoms. The van der Waals surface area contributed by atoms with E-state index in [1.54, 1.807) is 10.6 Å². The van der Waals surface area contributed by atoms with Crippen LogP contribution in [0.15, 0.2) is 33.5 Å². The average Bonchev–Trinajstić information content (AvgIpc) is 3.03. The third-order valence-electron chi connectivity index (χ3n) is 4.73.